The lowest BCUT2D eigenvalue weighted by molar-refractivity contribution is -0.118. The maximum absolute atomic E-state index is 12.9. The van der Waals surface area contributed by atoms with Crippen molar-refractivity contribution in [3.63, 3.8) is 0 Å². The zero-order valence-corrected chi connectivity index (χ0v) is 20.5. The van der Waals surface area contributed by atoms with Crippen molar-refractivity contribution in [2.75, 3.05) is 33.3 Å². The SMILES string of the molecule is COc1ccc(NC(=O)COc2ccc(C(=O)N[C@@H](C)c3cc(C)ccc3OC)cc2OC)cc1. The van der Waals surface area contributed by atoms with Gasteiger partial charge in [-0.15, -0.1) is 0 Å². The fourth-order valence-electron chi connectivity index (χ4n) is 3.49. The molecular formula is C27H30N2O6. The Balaban J connectivity index is 1.63. The Kier molecular flexibility index (Phi) is 8.56. The van der Waals surface area contributed by atoms with Crippen molar-refractivity contribution < 1.29 is 28.5 Å². The number of hydrogen-bond donors (Lipinski definition) is 2. The zero-order chi connectivity index (χ0) is 25.4. The van der Waals surface area contributed by atoms with E-state index in [1.807, 2.05) is 32.0 Å². The number of anilines is 1. The number of methoxy groups -OCH3 is 3. The van der Waals surface area contributed by atoms with Gasteiger partial charge in [0.2, 0.25) is 0 Å². The number of ether oxygens (including phenoxy) is 4. The van der Waals surface area contributed by atoms with E-state index in [1.54, 1.807) is 56.7 Å². The molecule has 1 atom stereocenters. The van der Waals surface area contributed by atoms with Gasteiger partial charge in [0.25, 0.3) is 11.8 Å². The van der Waals surface area contributed by atoms with Gasteiger partial charge < -0.3 is 29.6 Å². The summed E-state index contributed by atoms with van der Waals surface area (Å²) < 4.78 is 21.5. The molecule has 3 rings (SSSR count). The van der Waals surface area contributed by atoms with Crippen molar-refractivity contribution >= 4 is 17.5 Å². The van der Waals surface area contributed by atoms with E-state index in [1.165, 1.54) is 7.11 Å². The minimum Gasteiger partial charge on any atom is -0.497 e. The number of amides is 2. The molecule has 3 aromatic carbocycles. The summed E-state index contributed by atoms with van der Waals surface area (Å²) in [4.78, 5) is 25.2. The second-order valence-corrected chi connectivity index (χ2v) is 7.87. The summed E-state index contributed by atoms with van der Waals surface area (Å²) >= 11 is 0. The fourth-order valence-corrected chi connectivity index (χ4v) is 3.49. The molecule has 0 radical (unpaired) electrons. The van der Waals surface area contributed by atoms with E-state index in [0.29, 0.717) is 34.2 Å². The van der Waals surface area contributed by atoms with Crippen molar-refractivity contribution in [2.24, 2.45) is 0 Å². The number of rotatable bonds is 10. The largest absolute Gasteiger partial charge is 0.497 e. The van der Waals surface area contributed by atoms with Crippen LogP contribution in [0.15, 0.2) is 60.7 Å². The van der Waals surface area contributed by atoms with Gasteiger partial charge in [-0.25, -0.2) is 0 Å². The van der Waals surface area contributed by atoms with E-state index < -0.39 is 0 Å². The van der Waals surface area contributed by atoms with E-state index in [4.69, 9.17) is 18.9 Å². The molecule has 2 amide bonds. The van der Waals surface area contributed by atoms with Crippen LogP contribution in [0.25, 0.3) is 0 Å². The first-order valence-corrected chi connectivity index (χ1v) is 11.0. The first-order valence-electron chi connectivity index (χ1n) is 11.0. The van der Waals surface area contributed by atoms with Crippen LogP contribution < -0.4 is 29.6 Å². The van der Waals surface area contributed by atoms with Crippen molar-refractivity contribution in [3.05, 3.63) is 77.4 Å². The third-order valence-electron chi connectivity index (χ3n) is 5.36. The predicted molar refractivity (Wildman–Crippen MR) is 134 cm³/mol. The van der Waals surface area contributed by atoms with Crippen molar-refractivity contribution in [1.82, 2.24) is 5.32 Å². The van der Waals surface area contributed by atoms with Crippen LogP contribution in [-0.4, -0.2) is 39.8 Å². The molecule has 0 aliphatic heterocycles. The lowest BCUT2D eigenvalue weighted by Crippen LogP contribution is -2.27. The number of carbonyl (C=O) groups is 2. The number of nitrogens with one attached hydrogen (secondary N) is 2. The number of hydrogen-bond acceptors (Lipinski definition) is 6. The molecule has 0 heterocycles. The highest BCUT2D eigenvalue weighted by atomic mass is 16.5. The van der Waals surface area contributed by atoms with Crippen LogP contribution in [0.4, 0.5) is 5.69 Å². The highest BCUT2D eigenvalue weighted by Gasteiger charge is 2.17. The van der Waals surface area contributed by atoms with Gasteiger partial charge in [-0.05, 0) is 62.4 Å². The van der Waals surface area contributed by atoms with E-state index >= 15 is 0 Å². The molecule has 0 saturated heterocycles. The maximum Gasteiger partial charge on any atom is 0.262 e. The molecule has 0 aromatic heterocycles. The van der Waals surface area contributed by atoms with Gasteiger partial charge in [-0.1, -0.05) is 17.7 Å². The van der Waals surface area contributed by atoms with Gasteiger partial charge in [0.15, 0.2) is 18.1 Å². The highest BCUT2D eigenvalue weighted by molar-refractivity contribution is 5.95. The standard InChI is InChI=1S/C27H30N2O6/c1-17-6-12-23(33-4)22(14-17)18(2)28-27(31)19-7-13-24(25(15-19)34-5)35-16-26(30)29-20-8-10-21(32-3)11-9-20/h6-15,18H,16H2,1-5H3,(H,28,31)(H,29,30)/t18-/m0/s1. The molecular weight excluding hydrogens is 448 g/mol. The summed E-state index contributed by atoms with van der Waals surface area (Å²) in [5, 5.41) is 5.73. The molecule has 8 heteroatoms. The molecule has 2 N–H and O–H groups in total. The second kappa shape index (κ2) is 11.8. The van der Waals surface area contributed by atoms with E-state index in [0.717, 1.165) is 11.1 Å². The van der Waals surface area contributed by atoms with Gasteiger partial charge >= 0.3 is 0 Å². The summed E-state index contributed by atoms with van der Waals surface area (Å²) in [6.45, 7) is 3.65. The Morgan fingerprint density at radius 2 is 1.51 bits per heavy atom. The molecule has 0 spiro atoms. The minimum absolute atomic E-state index is 0.224. The quantitative estimate of drug-likeness (QED) is 0.445. The average molecular weight is 479 g/mol. The molecule has 0 bridgehead atoms. The van der Waals surface area contributed by atoms with E-state index in [-0.39, 0.29) is 24.5 Å². The van der Waals surface area contributed by atoms with Gasteiger partial charge in [0, 0.05) is 16.8 Å². The average Bonchev–Trinajstić information content (AvgIpc) is 2.87. The molecule has 0 saturated carbocycles. The lowest BCUT2D eigenvalue weighted by atomic mass is 10.0. The molecule has 0 fully saturated rings. The molecule has 0 aliphatic rings. The molecule has 35 heavy (non-hydrogen) atoms. The molecule has 8 nitrogen and oxygen atoms in total. The number of carbonyl (C=O) groups excluding carboxylic acids is 2. The summed E-state index contributed by atoms with van der Waals surface area (Å²) in [5.74, 6) is 1.49. The van der Waals surface area contributed by atoms with Crippen LogP contribution in [0.3, 0.4) is 0 Å². The number of benzene rings is 3. The van der Waals surface area contributed by atoms with Crippen molar-refractivity contribution in [3.8, 4) is 23.0 Å². The van der Waals surface area contributed by atoms with Crippen molar-refractivity contribution in [2.45, 2.75) is 19.9 Å². The monoisotopic (exact) mass is 478 g/mol. The Labute approximate surface area is 205 Å². The first kappa shape index (κ1) is 25.4. The summed E-state index contributed by atoms with van der Waals surface area (Å²) in [5.41, 5.74) is 2.98. The normalized spacial score (nSPS) is 11.2. The topological polar surface area (TPSA) is 95.1 Å². The smallest absolute Gasteiger partial charge is 0.262 e. The van der Waals surface area contributed by atoms with E-state index in [9.17, 15) is 9.59 Å². The predicted octanol–water partition coefficient (Wildman–Crippen LogP) is 4.53. The minimum atomic E-state index is -0.333. The maximum atomic E-state index is 12.9. The van der Waals surface area contributed by atoms with Crippen LogP contribution in [0.1, 0.15) is 34.5 Å². The molecule has 184 valence electrons. The van der Waals surface area contributed by atoms with E-state index in [2.05, 4.69) is 10.6 Å². The van der Waals surface area contributed by atoms with Gasteiger partial charge in [-0.3, -0.25) is 9.59 Å². The number of aryl methyl sites for hydroxylation is 1. The van der Waals surface area contributed by atoms with Gasteiger partial charge in [-0.2, -0.15) is 0 Å². The molecule has 0 unspecified atom stereocenters. The Morgan fingerprint density at radius 3 is 2.17 bits per heavy atom. The highest BCUT2D eigenvalue weighted by Crippen LogP contribution is 2.30. The Bertz CT molecular complexity index is 1180. The van der Waals surface area contributed by atoms with Crippen LogP contribution in [0, 0.1) is 6.92 Å². The fraction of sp³-hybridized carbons (Fsp3) is 0.259. The van der Waals surface area contributed by atoms with Crippen LogP contribution in [0.5, 0.6) is 23.0 Å². The zero-order valence-electron chi connectivity index (χ0n) is 20.5. The molecule has 0 aliphatic carbocycles. The van der Waals surface area contributed by atoms with Gasteiger partial charge in [0.1, 0.15) is 11.5 Å². The summed E-state index contributed by atoms with van der Waals surface area (Å²) in [7, 11) is 4.65. The lowest BCUT2D eigenvalue weighted by Gasteiger charge is -2.18. The third-order valence-corrected chi connectivity index (χ3v) is 5.36. The summed E-state index contributed by atoms with van der Waals surface area (Å²) in [6, 6.07) is 17.3. The van der Waals surface area contributed by atoms with Crippen LogP contribution in [-0.2, 0) is 4.79 Å². The van der Waals surface area contributed by atoms with Crippen LogP contribution in [0.2, 0.25) is 0 Å². The Morgan fingerprint density at radius 1 is 0.829 bits per heavy atom. The Hall–Kier alpha value is -4.20. The molecule has 3 aromatic rings. The van der Waals surface area contributed by atoms with Crippen LogP contribution >= 0.6 is 0 Å². The van der Waals surface area contributed by atoms with Gasteiger partial charge in [0.05, 0.1) is 27.4 Å². The van der Waals surface area contributed by atoms with Crippen molar-refractivity contribution in [1.29, 1.82) is 0 Å². The first-order chi connectivity index (χ1) is 16.8. The summed E-state index contributed by atoms with van der Waals surface area (Å²) in [6.07, 6.45) is 0. The third kappa shape index (κ3) is 6.66. The second-order valence-electron chi connectivity index (χ2n) is 7.87.